The number of carbonyl (C=O) groups excluding carboxylic acids is 2. The molecule has 0 fully saturated rings. The fourth-order valence-electron chi connectivity index (χ4n) is 6.90. The van der Waals surface area contributed by atoms with Crippen LogP contribution >= 0.6 is 0 Å². The number of aromatic amines is 1. The minimum atomic E-state index is -1.06. The molecule has 1 aliphatic carbocycles. The second-order valence-corrected chi connectivity index (χ2v) is 12.5. The Hall–Kier alpha value is -5.70. The molecule has 7 rings (SSSR count). The van der Waals surface area contributed by atoms with E-state index in [0.717, 1.165) is 38.7 Å². The molecule has 1 aliphatic rings. The van der Waals surface area contributed by atoms with E-state index in [1.807, 2.05) is 68.6 Å². The van der Waals surface area contributed by atoms with Crippen molar-refractivity contribution in [1.82, 2.24) is 19.9 Å². The Morgan fingerprint density at radius 2 is 1.50 bits per heavy atom. The summed E-state index contributed by atoms with van der Waals surface area (Å²) in [4.78, 5) is 49.6. The SMILES string of the molecule is COC(=O)[C@H](Cc1c[nH]c2ccccc12)n1c([C@@H](NC(=O)OCC2c3ccccc3-c3ccccc32)C(C)C)nc2ccccc2c1=O. The highest BCUT2D eigenvalue weighted by Gasteiger charge is 2.34. The van der Waals surface area contributed by atoms with Crippen LogP contribution in [-0.4, -0.2) is 40.3 Å². The van der Waals surface area contributed by atoms with Crippen molar-refractivity contribution >= 4 is 33.9 Å². The maximum Gasteiger partial charge on any atom is 0.407 e. The summed E-state index contributed by atoms with van der Waals surface area (Å²) in [6, 6.07) is 29.3. The van der Waals surface area contributed by atoms with Crippen LogP contribution < -0.4 is 10.9 Å². The maximum absolute atomic E-state index is 14.3. The highest BCUT2D eigenvalue weighted by Crippen LogP contribution is 2.44. The zero-order valence-corrected chi connectivity index (χ0v) is 27.0. The highest BCUT2D eigenvalue weighted by molar-refractivity contribution is 5.85. The minimum Gasteiger partial charge on any atom is -0.467 e. The molecule has 0 unspecified atom stereocenters. The summed E-state index contributed by atoms with van der Waals surface area (Å²) in [5.74, 6) is -0.685. The normalized spacial score (nSPS) is 13.7. The Balaban J connectivity index is 1.24. The van der Waals surface area contributed by atoms with E-state index in [2.05, 4.69) is 34.6 Å². The van der Waals surface area contributed by atoms with Gasteiger partial charge in [0.05, 0.1) is 24.1 Å². The van der Waals surface area contributed by atoms with Crippen LogP contribution in [0.25, 0.3) is 32.9 Å². The van der Waals surface area contributed by atoms with Gasteiger partial charge < -0.3 is 19.8 Å². The van der Waals surface area contributed by atoms with Crippen LogP contribution in [0.4, 0.5) is 4.79 Å². The third kappa shape index (κ3) is 5.51. The zero-order valence-electron chi connectivity index (χ0n) is 27.0. The molecule has 6 aromatic rings. The monoisotopic (exact) mass is 640 g/mol. The van der Waals surface area contributed by atoms with E-state index in [1.165, 1.54) is 11.7 Å². The lowest BCUT2D eigenvalue weighted by atomic mass is 9.98. The van der Waals surface area contributed by atoms with Crippen LogP contribution in [-0.2, 0) is 20.7 Å². The van der Waals surface area contributed by atoms with Crippen LogP contribution in [0, 0.1) is 5.92 Å². The predicted octanol–water partition coefficient (Wildman–Crippen LogP) is 7.07. The number of ether oxygens (including phenoxy) is 2. The van der Waals surface area contributed by atoms with Gasteiger partial charge in [-0.3, -0.25) is 9.36 Å². The van der Waals surface area contributed by atoms with Crippen LogP contribution in [0.5, 0.6) is 0 Å². The number of alkyl carbamates (subject to hydrolysis) is 1. The number of rotatable bonds is 9. The molecule has 4 aromatic carbocycles. The van der Waals surface area contributed by atoms with Crippen LogP contribution in [0.1, 0.15) is 54.4 Å². The van der Waals surface area contributed by atoms with Crippen LogP contribution in [0.15, 0.2) is 108 Å². The third-order valence-corrected chi connectivity index (χ3v) is 9.27. The Morgan fingerprint density at radius 1 is 0.875 bits per heavy atom. The predicted molar refractivity (Wildman–Crippen MR) is 185 cm³/mol. The number of para-hydroxylation sites is 2. The first-order valence-corrected chi connectivity index (χ1v) is 16.1. The molecule has 0 spiro atoms. The van der Waals surface area contributed by atoms with Gasteiger partial charge in [0.1, 0.15) is 18.5 Å². The summed E-state index contributed by atoms with van der Waals surface area (Å²) < 4.78 is 12.6. The maximum atomic E-state index is 14.3. The van der Waals surface area contributed by atoms with E-state index in [-0.39, 0.29) is 30.7 Å². The molecule has 1 amide bonds. The first-order valence-electron chi connectivity index (χ1n) is 16.1. The molecule has 0 aliphatic heterocycles. The summed E-state index contributed by atoms with van der Waals surface area (Å²) in [5, 5.41) is 4.29. The van der Waals surface area contributed by atoms with Gasteiger partial charge in [0.25, 0.3) is 5.56 Å². The fraction of sp³-hybridized carbons (Fsp3) is 0.231. The number of H-pyrrole nitrogens is 1. The Labute approximate surface area is 277 Å². The van der Waals surface area contributed by atoms with Crippen LogP contribution in [0.3, 0.4) is 0 Å². The summed E-state index contributed by atoms with van der Waals surface area (Å²) >= 11 is 0. The van der Waals surface area contributed by atoms with Crippen molar-refractivity contribution in [2.24, 2.45) is 5.92 Å². The number of benzene rings is 4. The molecule has 242 valence electrons. The molecule has 0 bridgehead atoms. The van der Waals surface area contributed by atoms with Gasteiger partial charge in [-0.15, -0.1) is 0 Å². The van der Waals surface area contributed by atoms with Crippen molar-refractivity contribution in [3.63, 3.8) is 0 Å². The molecule has 2 heterocycles. The number of carbonyl (C=O) groups is 2. The molecule has 0 radical (unpaired) electrons. The number of esters is 1. The quantitative estimate of drug-likeness (QED) is 0.163. The van der Waals surface area contributed by atoms with Gasteiger partial charge in [0.2, 0.25) is 0 Å². The lowest BCUT2D eigenvalue weighted by Crippen LogP contribution is -2.41. The second-order valence-electron chi connectivity index (χ2n) is 12.5. The van der Waals surface area contributed by atoms with Gasteiger partial charge in [-0.1, -0.05) is 92.7 Å². The number of amides is 1. The second kappa shape index (κ2) is 12.8. The molecule has 2 aromatic heterocycles. The number of hydrogen-bond acceptors (Lipinski definition) is 6. The van der Waals surface area contributed by atoms with E-state index in [4.69, 9.17) is 14.5 Å². The van der Waals surface area contributed by atoms with Gasteiger partial charge in [-0.2, -0.15) is 0 Å². The van der Waals surface area contributed by atoms with Crippen molar-refractivity contribution < 1.29 is 19.1 Å². The van der Waals surface area contributed by atoms with Crippen LogP contribution in [0.2, 0.25) is 0 Å². The lowest BCUT2D eigenvalue weighted by molar-refractivity contribution is -0.144. The lowest BCUT2D eigenvalue weighted by Gasteiger charge is -2.28. The average Bonchev–Trinajstić information content (AvgIpc) is 3.67. The Morgan fingerprint density at radius 3 is 2.19 bits per heavy atom. The molecule has 0 saturated carbocycles. The van der Waals surface area contributed by atoms with Gasteiger partial charge in [0, 0.05) is 29.4 Å². The first kappa shape index (κ1) is 30.9. The van der Waals surface area contributed by atoms with Crippen molar-refractivity contribution in [3.8, 4) is 11.1 Å². The van der Waals surface area contributed by atoms with E-state index in [1.54, 1.807) is 24.3 Å². The van der Waals surface area contributed by atoms with Gasteiger partial charge in [0.15, 0.2) is 0 Å². The zero-order chi connectivity index (χ0) is 33.4. The Kier molecular flexibility index (Phi) is 8.27. The van der Waals surface area contributed by atoms with E-state index in [9.17, 15) is 14.4 Å². The molecule has 9 nitrogen and oxygen atoms in total. The molecule has 9 heteroatoms. The number of fused-ring (bicyclic) bond motifs is 5. The van der Waals surface area contributed by atoms with Crippen molar-refractivity contribution in [1.29, 1.82) is 0 Å². The molecular formula is C39H36N4O5. The minimum absolute atomic E-state index is 0.113. The van der Waals surface area contributed by atoms with Gasteiger partial charge >= 0.3 is 12.1 Å². The Bertz CT molecular complexity index is 2170. The largest absolute Gasteiger partial charge is 0.467 e. The van der Waals surface area contributed by atoms with Crippen molar-refractivity contribution in [2.45, 2.75) is 38.3 Å². The molecule has 0 saturated heterocycles. The van der Waals surface area contributed by atoms with E-state index < -0.39 is 29.7 Å². The molecule has 2 N–H and O–H groups in total. The first-order chi connectivity index (χ1) is 23.4. The summed E-state index contributed by atoms with van der Waals surface area (Å²) in [5.41, 5.74) is 6.31. The summed E-state index contributed by atoms with van der Waals surface area (Å²) in [6.07, 6.45) is 1.37. The van der Waals surface area contributed by atoms with E-state index in [0.29, 0.717) is 10.9 Å². The van der Waals surface area contributed by atoms with Gasteiger partial charge in [-0.05, 0) is 51.9 Å². The highest BCUT2D eigenvalue weighted by atomic mass is 16.5. The standard InChI is InChI=1S/C39H36N4O5/c1-23(2)35(42-39(46)48-22-31-28-15-6-4-13-26(28)27-14-5-7-16-29(27)31)36-41-33-19-11-9-17-30(33)37(44)43(36)34(38(45)47-3)20-24-21-40-32-18-10-8-12-25(24)32/h4-19,21,23,31,34-35,40H,20,22H2,1-3H3,(H,42,46)/t34-,35-/m0/s1. The number of aromatic nitrogens is 3. The van der Waals surface area contributed by atoms with E-state index >= 15 is 0 Å². The van der Waals surface area contributed by atoms with Crippen molar-refractivity contribution in [3.05, 3.63) is 136 Å². The number of methoxy groups -OCH3 is 1. The molecule has 48 heavy (non-hydrogen) atoms. The number of nitrogens with one attached hydrogen (secondary N) is 2. The van der Waals surface area contributed by atoms with Crippen molar-refractivity contribution in [2.75, 3.05) is 13.7 Å². The number of hydrogen-bond donors (Lipinski definition) is 2. The third-order valence-electron chi connectivity index (χ3n) is 9.27. The summed E-state index contributed by atoms with van der Waals surface area (Å²) in [7, 11) is 1.30. The molecule has 2 atom stereocenters. The smallest absolute Gasteiger partial charge is 0.407 e. The summed E-state index contributed by atoms with van der Waals surface area (Å²) in [6.45, 7) is 3.98. The number of nitrogens with zero attached hydrogens (tertiary/aromatic N) is 2. The fourth-order valence-corrected chi connectivity index (χ4v) is 6.90. The van der Waals surface area contributed by atoms with Gasteiger partial charge in [-0.25, -0.2) is 14.6 Å². The topological polar surface area (TPSA) is 115 Å². The average molecular weight is 641 g/mol. The molecular weight excluding hydrogens is 604 g/mol.